The maximum Gasteiger partial charge on any atom is 0.355 e. The lowest BCUT2D eigenvalue weighted by Crippen LogP contribution is -1.98. The molecule has 0 aliphatic carbocycles. The molecule has 1 N–H and O–H groups in total. The molecular weight excluding hydrogens is 231 g/mol. The average molecular weight is 238 g/mol. The van der Waals surface area contributed by atoms with Gasteiger partial charge in [-0.3, -0.25) is 4.98 Å². The van der Waals surface area contributed by atoms with Gasteiger partial charge in [0.2, 0.25) is 0 Å². The third-order valence-electron chi connectivity index (χ3n) is 1.96. The number of hydrogen-bond donors (Lipinski definition) is 1. The number of aryl methyl sites for hydroxylation is 1. The molecule has 2 heterocycles. The first kappa shape index (κ1) is 10.7. The number of carbonyl (C=O) groups is 1. The van der Waals surface area contributed by atoms with Crippen molar-refractivity contribution in [1.82, 2.24) is 9.97 Å². The molecule has 82 valence electrons. The zero-order chi connectivity index (χ0) is 11.7. The van der Waals surface area contributed by atoms with Gasteiger partial charge in [-0.2, -0.15) is 0 Å². The van der Waals surface area contributed by atoms with E-state index in [4.69, 9.17) is 5.11 Å². The van der Waals surface area contributed by atoms with E-state index in [2.05, 4.69) is 9.97 Å². The molecule has 16 heavy (non-hydrogen) atoms. The summed E-state index contributed by atoms with van der Waals surface area (Å²) in [5.74, 6) is -1.62. The average Bonchev–Trinajstić information content (AvgIpc) is 2.61. The minimum atomic E-state index is -1.11. The van der Waals surface area contributed by atoms with E-state index in [0.29, 0.717) is 4.88 Å². The van der Waals surface area contributed by atoms with Crippen LogP contribution in [0.2, 0.25) is 0 Å². The summed E-state index contributed by atoms with van der Waals surface area (Å²) in [5, 5.41) is 9.11. The van der Waals surface area contributed by atoms with Crippen molar-refractivity contribution in [2.75, 3.05) is 0 Å². The van der Waals surface area contributed by atoms with E-state index >= 15 is 0 Å². The second kappa shape index (κ2) is 3.97. The van der Waals surface area contributed by atoms with Gasteiger partial charge in [0, 0.05) is 11.1 Å². The minimum Gasteiger partial charge on any atom is -0.476 e. The van der Waals surface area contributed by atoms with E-state index in [0.717, 1.165) is 11.3 Å². The number of rotatable bonds is 2. The third-order valence-corrected chi connectivity index (χ3v) is 2.94. The summed E-state index contributed by atoms with van der Waals surface area (Å²) in [5.41, 5.74) is 0.0353. The van der Waals surface area contributed by atoms with Crippen molar-refractivity contribution < 1.29 is 14.3 Å². The molecule has 2 aromatic rings. The van der Waals surface area contributed by atoms with Gasteiger partial charge in [0.25, 0.3) is 0 Å². The molecular formula is C10H7FN2O2S. The fourth-order valence-corrected chi connectivity index (χ4v) is 2.14. The molecule has 0 bridgehead atoms. The lowest BCUT2D eigenvalue weighted by Gasteiger charge is -1.95. The van der Waals surface area contributed by atoms with E-state index in [1.807, 2.05) is 0 Å². The van der Waals surface area contributed by atoms with Crippen LogP contribution >= 0.6 is 11.3 Å². The molecule has 2 rings (SSSR count). The van der Waals surface area contributed by atoms with Crippen molar-refractivity contribution in [3.63, 3.8) is 0 Å². The Hall–Kier alpha value is -1.82. The lowest BCUT2D eigenvalue weighted by atomic mass is 10.3. The SMILES string of the molecule is Cc1sc(-c2ncccc2F)nc1C(=O)O. The van der Waals surface area contributed by atoms with Crippen LogP contribution in [0.25, 0.3) is 10.7 Å². The maximum absolute atomic E-state index is 13.4. The highest BCUT2D eigenvalue weighted by molar-refractivity contribution is 7.15. The maximum atomic E-state index is 13.4. The number of aromatic nitrogens is 2. The number of pyridine rings is 1. The van der Waals surface area contributed by atoms with Crippen LogP contribution < -0.4 is 0 Å². The number of aromatic carboxylic acids is 1. The van der Waals surface area contributed by atoms with E-state index < -0.39 is 11.8 Å². The van der Waals surface area contributed by atoms with E-state index in [1.165, 1.54) is 18.3 Å². The van der Waals surface area contributed by atoms with Gasteiger partial charge in [0.15, 0.2) is 11.5 Å². The minimum absolute atomic E-state index is 0.0509. The zero-order valence-corrected chi connectivity index (χ0v) is 9.08. The highest BCUT2D eigenvalue weighted by Crippen LogP contribution is 2.27. The van der Waals surface area contributed by atoms with Crippen LogP contribution in [0.5, 0.6) is 0 Å². The largest absolute Gasteiger partial charge is 0.476 e. The van der Waals surface area contributed by atoms with Gasteiger partial charge in [-0.1, -0.05) is 0 Å². The highest BCUT2D eigenvalue weighted by Gasteiger charge is 2.17. The number of halogens is 1. The van der Waals surface area contributed by atoms with Crippen LogP contribution in [-0.2, 0) is 0 Å². The molecule has 0 fully saturated rings. The predicted molar refractivity (Wildman–Crippen MR) is 57.0 cm³/mol. The van der Waals surface area contributed by atoms with E-state index in [-0.39, 0.29) is 16.4 Å². The molecule has 0 spiro atoms. The Kier molecular flexibility index (Phi) is 2.66. The van der Waals surface area contributed by atoms with Crippen molar-refractivity contribution in [2.24, 2.45) is 0 Å². The Morgan fingerprint density at radius 3 is 2.88 bits per heavy atom. The molecule has 6 heteroatoms. The van der Waals surface area contributed by atoms with Gasteiger partial charge < -0.3 is 5.11 Å². The smallest absolute Gasteiger partial charge is 0.355 e. The fourth-order valence-electron chi connectivity index (χ4n) is 1.24. The molecule has 0 unspecified atom stereocenters. The Bertz CT molecular complexity index is 554. The molecule has 2 aromatic heterocycles. The Labute approximate surface area is 94.4 Å². The molecule has 0 atom stereocenters. The molecule has 0 amide bonds. The van der Waals surface area contributed by atoms with Crippen molar-refractivity contribution in [3.8, 4) is 10.7 Å². The number of carboxylic acids is 1. The fraction of sp³-hybridized carbons (Fsp3) is 0.100. The zero-order valence-electron chi connectivity index (χ0n) is 8.27. The third kappa shape index (κ3) is 1.79. The second-order valence-electron chi connectivity index (χ2n) is 3.06. The highest BCUT2D eigenvalue weighted by atomic mass is 32.1. The van der Waals surface area contributed by atoms with Crippen molar-refractivity contribution in [3.05, 3.63) is 34.7 Å². The van der Waals surface area contributed by atoms with Gasteiger partial charge in [-0.25, -0.2) is 14.2 Å². The Balaban J connectivity index is 2.54. The number of carboxylic acid groups (broad SMARTS) is 1. The second-order valence-corrected chi connectivity index (χ2v) is 4.27. The first-order valence-electron chi connectivity index (χ1n) is 4.41. The van der Waals surface area contributed by atoms with Gasteiger partial charge in [0.1, 0.15) is 10.7 Å². The summed E-state index contributed by atoms with van der Waals surface area (Å²) in [6.07, 6.45) is 1.44. The molecule has 0 saturated heterocycles. The lowest BCUT2D eigenvalue weighted by molar-refractivity contribution is 0.0690. The quantitative estimate of drug-likeness (QED) is 0.872. The van der Waals surface area contributed by atoms with Crippen molar-refractivity contribution >= 4 is 17.3 Å². The van der Waals surface area contributed by atoms with Crippen LogP contribution in [0.15, 0.2) is 18.3 Å². The Morgan fingerprint density at radius 1 is 1.56 bits per heavy atom. The Morgan fingerprint density at radius 2 is 2.31 bits per heavy atom. The topological polar surface area (TPSA) is 63.1 Å². The van der Waals surface area contributed by atoms with Crippen LogP contribution in [0.3, 0.4) is 0 Å². The monoisotopic (exact) mass is 238 g/mol. The molecule has 0 radical (unpaired) electrons. The molecule has 0 aliphatic rings. The normalized spacial score (nSPS) is 10.4. The van der Waals surface area contributed by atoms with Crippen LogP contribution in [0.4, 0.5) is 4.39 Å². The molecule has 0 saturated carbocycles. The first-order valence-corrected chi connectivity index (χ1v) is 5.23. The molecule has 4 nitrogen and oxygen atoms in total. The number of thiazole rings is 1. The van der Waals surface area contributed by atoms with Gasteiger partial charge >= 0.3 is 5.97 Å². The summed E-state index contributed by atoms with van der Waals surface area (Å²) >= 11 is 1.12. The summed E-state index contributed by atoms with van der Waals surface area (Å²) in [7, 11) is 0. The van der Waals surface area contributed by atoms with Gasteiger partial charge in [-0.15, -0.1) is 11.3 Å². The van der Waals surface area contributed by atoms with Gasteiger partial charge in [0.05, 0.1) is 0 Å². The predicted octanol–water partition coefficient (Wildman–Crippen LogP) is 2.35. The number of nitrogens with zero attached hydrogens (tertiary/aromatic N) is 2. The summed E-state index contributed by atoms with van der Waals surface area (Å²) in [6, 6.07) is 2.73. The van der Waals surface area contributed by atoms with Crippen LogP contribution in [0.1, 0.15) is 15.4 Å². The summed E-state index contributed by atoms with van der Waals surface area (Å²) in [4.78, 5) is 19.0. The van der Waals surface area contributed by atoms with E-state index in [9.17, 15) is 9.18 Å². The summed E-state index contributed by atoms with van der Waals surface area (Å²) in [6.45, 7) is 1.63. The van der Waals surface area contributed by atoms with Crippen molar-refractivity contribution in [2.45, 2.75) is 6.92 Å². The molecule has 0 aliphatic heterocycles. The molecule has 0 aromatic carbocycles. The van der Waals surface area contributed by atoms with Gasteiger partial charge in [-0.05, 0) is 19.1 Å². The van der Waals surface area contributed by atoms with Crippen LogP contribution in [0, 0.1) is 12.7 Å². The number of hydrogen-bond acceptors (Lipinski definition) is 4. The first-order chi connectivity index (χ1) is 7.59. The van der Waals surface area contributed by atoms with Crippen molar-refractivity contribution in [1.29, 1.82) is 0 Å². The van der Waals surface area contributed by atoms with Crippen LogP contribution in [-0.4, -0.2) is 21.0 Å². The standard InChI is InChI=1S/C10H7FN2O2S/c1-5-7(10(14)15)13-9(16-5)8-6(11)3-2-4-12-8/h2-4H,1H3,(H,14,15). The summed E-state index contributed by atoms with van der Waals surface area (Å²) < 4.78 is 13.4. The van der Waals surface area contributed by atoms with E-state index in [1.54, 1.807) is 6.92 Å².